The van der Waals surface area contributed by atoms with Gasteiger partial charge in [-0.1, -0.05) is 6.92 Å². The third-order valence-corrected chi connectivity index (χ3v) is 5.20. The summed E-state index contributed by atoms with van der Waals surface area (Å²) in [6.07, 6.45) is 1.42. The number of nitrogens with one attached hydrogen (secondary N) is 1. The highest BCUT2D eigenvalue weighted by Gasteiger charge is 2.31. The summed E-state index contributed by atoms with van der Waals surface area (Å²) < 4.78 is 23.1. The molecule has 19 heavy (non-hydrogen) atoms. The second kappa shape index (κ2) is 5.32. The van der Waals surface area contributed by atoms with E-state index in [-0.39, 0.29) is 17.5 Å². The van der Waals surface area contributed by atoms with E-state index >= 15 is 0 Å². The van der Waals surface area contributed by atoms with Gasteiger partial charge in [0.15, 0.2) is 9.84 Å². The largest absolute Gasteiger partial charge is 0.373 e. The van der Waals surface area contributed by atoms with Gasteiger partial charge in [0.1, 0.15) is 17.5 Å². The van der Waals surface area contributed by atoms with Crippen LogP contribution in [0.15, 0.2) is 6.07 Å². The molecule has 1 fully saturated rings. The van der Waals surface area contributed by atoms with Gasteiger partial charge in [-0.05, 0) is 6.42 Å². The first-order chi connectivity index (χ1) is 8.95. The van der Waals surface area contributed by atoms with Crippen LogP contribution in [-0.2, 0) is 16.3 Å². The Morgan fingerprint density at radius 2 is 2.21 bits per heavy atom. The number of rotatable bonds is 4. The summed E-state index contributed by atoms with van der Waals surface area (Å²) in [6, 6.07) is 1.86. The molecule has 1 atom stereocenters. The third kappa shape index (κ3) is 3.15. The molecule has 1 aliphatic rings. The average Bonchev–Trinajstić information content (AvgIpc) is 2.77. The Hall–Kier alpha value is -1.37. The van der Waals surface area contributed by atoms with Crippen molar-refractivity contribution in [3.05, 3.63) is 11.9 Å². The maximum absolute atomic E-state index is 11.6. The SMILES string of the molecule is CCc1nc(NC)cc(N(C)C2CCS(=O)(=O)C2)n1. The fourth-order valence-corrected chi connectivity index (χ4v) is 3.99. The highest BCUT2D eigenvalue weighted by atomic mass is 32.2. The first-order valence-electron chi connectivity index (χ1n) is 6.44. The average molecular weight is 284 g/mol. The van der Waals surface area contributed by atoms with Gasteiger partial charge < -0.3 is 10.2 Å². The van der Waals surface area contributed by atoms with Gasteiger partial charge >= 0.3 is 0 Å². The predicted octanol–water partition coefficient (Wildman–Crippen LogP) is 0.704. The molecule has 1 aliphatic heterocycles. The van der Waals surface area contributed by atoms with Crippen LogP contribution < -0.4 is 10.2 Å². The van der Waals surface area contributed by atoms with Gasteiger partial charge in [-0.3, -0.25) is 0 Å². The van der Waals surface area contributed by atoms with E-state index in [4.69, 9.17) is 0 Å². The molecule has 0 aliphatic carbocycles. The summed E-state index contributed by atoms with van der Waals surface area (Å²) in [6.45, 7) is 2.00. The molecule has 1 N–H and O–H groups in total. The van der Waals surface area contributed by atoms with Gasteiger partial charge in [0, 0.05) is 32.6 Å². The smallest absolute Gasteiger partial charge is 0.152 e. The number of aryl methyl sites for hydroxylation is 1. The standard InChI is InChI=1S/C12H20N4O2S/c1-4-10-14-11(13-2)7-12(15-10)16(3)9-5-6-19(17,18)8-9/h7,9H,4-6,8H2,1-3H3,(H,13,14,15). The molecule has 1 aromatic heterocycles. The van der Waals surface area contributed by atoms with Crippen LogP contribution in [0.2, 0.25) is 0 Å². The van der Waals surface area contributed by atoms with Crippen molar-refractivity contribution in [1.82, 2.24) is 9.97 Å². The van der Waals surface area contributed by atoms with Crippen LogP contribution in [0.1, 0.15) is 19.2 Å². The van der Waals surface area contributed by atoms with Gasteiger partial charge in [-0.25, -0.2) is 18.4 Å². The lowest BCUT2D eigenvalue weighted by atomic mass is 10.2. The molecule has 106 valence electrons. The van der Waals surface area contributed by atoms with Crippen LogP contribution in [0, 0.1) is 0 Å². The highest BCUT2D eigenvalue weighted by Crippen LogP contribution is 2.23. The first-order valence-corrected chi connectivity index (χ1v) is 8.26. The Bertz CT molecular complexity index is 537. The summed E-state index contributed by atoms with van der Waals surface area (Å²) in [5.41, 5.74) is 0. The van der Waals surface area contributed by atoms with Crippen molar-refractivity contribution in [2.45, 2.75) is 25.8 Å². The van der Waals surface area contributed by atoms with Crippen LogP contribution in [0.5, 0.6) is 0 Å². The molecular formula is C12H20N4O2S. The molecule has 1 saturated heterocycles. The van der Waals surface area contributed by atoms with E-state index in [2.05, 4.69) is 15.3 Å². The molecule has 0 bridgehead atoms. The van der Waals surface area contributed by atoms with E-state index in [0.29, 0.717) is 6.42 Å². The second-order valence-electron chi connectivity index (χ2n) is 4.80. The molecule has 1 aromatic rings. The number of nitrogens with zero attached hydrogens (tertiary/aromatic N) is 3. The minimum Gasteiger partial charge on any atom is -0.373 e. The number of hydrogen-bond donors (Lipinski definition) is 1. The van der Waals surface area contributed by atoms with Crippen LogP contribution in [0.4, 0.5) is 11.6 Å². The lowest BCUT2D eigenvalue weighted by molar-refractivity contribution is 0.600. The highest BCUT2D eigenvalue weighted by molar-refractivity contribution is 7.91. The fourth-order valence-electron chi connectivity index (χ4n) is 2.22. The van der Waals surface area contributed by atoms with Gasteiger partial charge in [-0.15, -0.1) is 0 Å². The Labute approximate surface area is 114 Å². The molecular weight excluding hydrogens is 264 g/mol. The summed E-state index contributed by atoms with van der Waals surface area (Å²) in [4.78, 5) is 10.8. The predicted molar refractivity (Wildman–Crippen MR) is 76.4 cm³/mol. The van der Waals surface area contributed by atoms with Crippen molar-refractivity contribution in [2.24, 2.45) is 0 Å². The monoisotopic (exact) mass is 284 g/mol. The third-order valence-electron chi connectivity index (χ3n) is 3.45. The number of sulfone groups is 1. The van der Waals surface area contributed by atoms with Crippen LogP contribution in [0.25, 0.3) is 0 Å². The molecule has 1 unspecified atom stereocenters. The summed E-state index contributed by atoms with van der Waals surface area (Å²) in [5.74, 6) is 2.78. The van der Waals surface area contributed by atoms with E-state index in [1.807, 2.05) is 32.0 Å². The summed E-state index contributed by atoms with van der Waals surface area (Å²) in [5, 5.41) is 3.01. The Balaban J connectivity index is 2.26. The fraction of sp³-hybridized carbons (Fsp3) is 0.667. The van der Waals surface area contributed by atoms with E-state index < -0.39 is 9.84 Å². The Morgan fingerprint density at radius 1 is 1.47 bits per heavy atom. The van der Waals surface area contributed by atoms with Crippen LogP contribution >= 0.6 is 0 Å². The molecule has 0 saturated carbocycles. The summed E-state index contributed by atoms with van der Waals surface area (Å²) in [7, 11) is 0.826. The van der Waals surface area contributed by atoms with Gasteiger partial charge in [0.2, 0.25) is 0 Å². The van der Waals surface area contributed by atoms with Crippen LogP contribution in [-0.4, -0.2) is 50.0 Å². The maximum Gasteiger partial charge on any atom is 0.152 e. The minimum absolute atomic E-state index is 0.00862. The Kier molecular flexibility index (Phi) is 3.93. The van der Waals surface area contributed by atoms with E-state index in [0.717, 1.165) is 23.9 Å². The molecule has 2 heterocycles. The zero-order valence-corrected chi connectivity index (χ0v) is 12.4. The van der Waals surface area contributed by atoms with Gasteiger partial charge in [0.05, 0.1) is 11.5 Å². The number of hydrogen-bond acceptors (Lipinski definition) is 6. The zero-order valence-electron chi connectivity index (χ0n) is 11.5. The quantitative estimate of drug-likeness (QED) is 0.877. The van der Waals surface area contributed by atoms with Crippen molar-refractivity contribution in [1.29, 1.82) is 0 Å². The molecule has 2 rings (SSSR count). The number of aromatic nitrogens is 2. The Morgan fingerprint density at radius 3 is 2.74 bits per heavy atom. The molecule has 6 nitrogen and oxygen atoms in total. The topological polar surface area (TPSA) is 75.2 Å². The normalized spacial score (nSPS) is 21.3. The lowest BCUT2D eigenvalue weighted by Gasteiger charge is -2.25. The van der Waals surface area contributed by atoms with Crippen molar-refractivity contribution in [3.8, 4) is 0 Å². The van der Waals surface area contributed by atoms with Gasteiger partial charge in [-0.2, -0.15) is 0 Å². The molecule has 7 heteroatoms. The molecule has 0 radical (unpaired) electrons. The lowest BCUT2D eigenvalue weighted by Crippen LogP contribution is -2.33. The van der Waals surface area contributed by atoms with Crippen molar-refractivity contribution in [3.63, 3.8) is 0 Å². The van der Waals surface area contributed by atoms with Crippen molar-refractivity contribution >= 4 is 21.5 Å². The first kappa shape index (κ1) is 14.0. The van der Waals surface area contributed by atoms with E-state index in [1.54, 1.807) is 0 Å². The van der Waals surface area contributed by atoms with Crippen molar-refractivity contribution in [2.75, 3.05) is 35.8 Å². The number of anilines is 2. The van der Waals surface area contributed by atoms with E-state index in [9.17, 15) is 8.42 Å². The molecule has 0 aromatic carbocycles. The van der Waals surface area contributed by atoms with Crippen LogP contribution in [0.3, 0.4) is 0 Å². The van der Waals surface area contributed by atoms with Crippen molar-refractivity contribution < 1.29 is 8.42 Å². The zero-order chi connectivity index (χ0) is 14.0. The second-order valence-corrected chi connectivity index (χ2v) is 7.03. The molecule has 0 spiro atoms. The van der Waals surface area contributed by atoms with Gasteiger partial charge in [0.25, 0.3) is 0 Å². The minimum atomic E-state index is -2.88. The molecule has 0 amide bonds. The van der Waals surface area contributed by atoms with E-state index in [1.165, 1.54) is 0 Å². The summed E-state index contributed by atoms with van der Waals surface area (Å²) >= 11 is 0. The maximum atomic E-state index is 11.6.